The van der Waals surface area contributed by atoms with Crippen LogP contribution in [0.15, 0.2) is 17.1 Å². The van der Waals surface area contributed by atoms with Gasteiger partial charge in [0.15, 0.2) is 0 Å². The molecule has 0 saturated carbocycles. The molecule has 0 aliphatic carbocycles. The van der Waals surface area contributed by atoms with Crippen LogP contribution in [0.3, 0.4) is 0 Å². The van der Waals surface area contributed by atoms with Crippen molar-refractivity contribution < 1.29 is 0 Å². The Morgan fingerprint density at radius 1 is 1.44 bits per heavy atom. The van der Waals surface area contributed by atoms with Crippen LogP contribution >= 0.6 is 0 Å². The zero-order chi connectivity index (χ0) is 11.8. The van der Waals surface area contributed by atoms with Crippen LogP contribution in [-0.2, 0) is 0 Å². The molecule has 0 amide bonds. The van der Waals surface area contributed by atoms with E-state index >= 15 is 0 Å². The minimum absolute atomic E-state index is 0.172. The third-order valence-corrected chi connectivity index (χ3v) is 2.54. The SMILES string of the molecule is CCN(CC)CCCNc1cn[nH]c(=O)c1. The van der Waals surface area contributed by atoms with Gasteiger partial charge in [0, 0.05) is 12.6 Å². The Hall–Kier alpha value is -1.36. The second kappa shape index (κ2) is 7.00. The molecule has 16 heavy (non-hydrogen) atoms. The lowest BCUT2D eigenvalue weighted by atomic mass is 10.3. The molecule has 1 heterocycles. The maximum Gasteiger partial charge on any atom is 0.266 e. The summed E-state index contributed by atoms with van der Waals surface area (Å²) in [6, 6.07) is 1.52. The lowest BCUT2D eigenvalue weighted by Gasteiger charge is -2.17. The highest BCUT2D eigenvalue weighted by Crippen LogP contribution is 1.99. The van der Waals surface area contributed by atoms with Crippen LogP contribution in [0.4, 0.5) is 5.69 Å². The molecule has 0 radical (unpaired) electrons. The summed E-state index contributed by atoms with van der Waals surface area (Å²) in [7, 11) is 0. The average molecular weight is 224 g/mol. The third kappa shape index (κ3) is 4.44. The van der Waals surface area contributed by atoms with Crippen molar-refractivity contribution in [1.29, 1.82) is 0 Å². The number of nitrogens with one attached hydrogen (secondary N) is 2. The van der Waals surface area contributed by atoms with Gasteiger partial charge >= 0.3 is 0 Å². The summed E-state index contributed by atoms with van der Waals surface area (Å²) in [6.07, 6.45) is 2.69. The van der Waals surface area contributed by atoms with Gasteiger partial charge in [-0.05, 0) is 26.1 Å². The Balaban J connectivity index is 2.23. The number of aromatic amines is 1. The molecular formula is C11H20N4O. The van der Waals surface area contributed by atoms with Gasteiger partial charge in [-0.3, -0.25) is 4.79 Å². The molecule has 0 aliphatic rings. The van der Waals surface area contributed by atoms with E-state index in [2.05, 4.69) is 34.3 Å². The van der Waals surface area contributed by atoms with Gasteiger partial charge in [-0.1, -0.05) is 13.8 Å². The zero-order valence-electron chi connectivity index (χ0n) is 9.99. The monoisotopic (exact) mass is 224 g/mol. The minimum Gasteiger partial charge on any atom is -0.384 e. The summed E-state index contributed by atoms with van der Waals surface area (Å²) in [6.45, 7) is 8.44. The summed E-state index contributed by atoms with van der Waals surface area (Å²) in [5, 5.41) is 9.24. The van der Waals surface area contributed by atoms with E-state index in [4.69, 9.17) is 0 Å². The van der Waals surface area contributed by atoms with Crippen molar-refractivity contribution in [2.45, 2.75) is 20.3 Å². The average Bonchev–Trinajstić information content (AvgIpc) is 2.29. The lowest BCUT2D eigenvalue weighted by Crippen LogP contribution is -2.25. The van der Waals surface area contributed by atoms with Gasteiger partial charge in [0.25, 0.3) is 5.56 Å². The summed E-state index contributed by atoms with van der Waals surface area (Å²) in [5.41, 5.74) is 0.608. The first kappa shape index (κ1) is 12.7. The first-order valence-electron chi connectivity index (χ1n) is 5.77. The topological polar surface area (TPSA) is 61.0 Å². The van der Waals surface area contributed by atoms with Crippen LogP contribution < -0.4 is 10.9 Å². The van der Waals surface area contributed by atoms with E-state index in [1.807, 2.05) is 0 Å². The van der Waals surface area contributed by atoms with Crippen molar-refractivity contribution >= 4 is 5.69 Å². The number of H-pyrrole nitrogens is 1. The van der Waals surface area contributed by atoms with E-state index in [0.717, 1.165) is 38.3 Å². The van der Waals surface area contributed by atoms with Gasteiger partial charge in [0.1, 0.15) is 0 Å². The van der Waals surface area contributed by atoms with Crippen LogP contribution in [0.1, 0.15) is 20.3 Å². The van der Waals surface area contributed by atoms with Crippen LogP contribution in [0.2, 0.25) is 0 Å². The number of aromatic nitrogens is 2. The molecule has 0 aliphatic heterocycles. The Morgan fingerprint density at radius 3 is 2.81 bits per heavy atom. The van der Waals surface area contributed by atoms with Crippen molar-refractivity contribution in [2.24, 2.45) is 0 Å². The summed E-state index contributed by atoms with van der Waals surface area (Å²) in [4.78, 5) is 13.3. The highest BCUT2D eigenvalue weighted by Gasteiger charge is 1.98. The fourth-order valence-electron chi connectivity index (χ4n) is 1.55. The minimum atomic E-state index is -0.172. The van der Waals surface area contributed by atoms with Crippen molar-refractivity contribution in [3.63, 3.8) is 0 Å². The van der Waals surface area contributed by atoms with Crippen LogP contribution in [-0.4, -0.2) is 41.3 Å². The maximum atomic E-state index is 11.0. The van der Waals surface area contributed by atoms with Crippen molar-refractivity contribution in [3.8, 4) is 0 Å². The molecule has 1 aromatic rings. The van der Waals surface area contributed by atoms with Crippen LogP contribution in [0.25, 0.3) is 0 Å². The van der Waals surface area contributed by atoms with Gasteiger partial charge in [-0.25, -0.2) is 5.10 Å². The first-order valence-corrected chi connectivity index (χ1v) is 5.77. The molecule has 0 saturated heterocycles. The molecule has 5 nitrogen and oxygen atoms in total. The molecule has 0 unspecified atom stereocenters. The normalized spacial score (nSPS) is 10.7. The number of anilines is 1. The molecule has 0 bridgehead atoms. The number of rotatable bonds is 7. The van der Waals surface area contributed by atoms with Crippen molar-refractivity contribution in [1.82, 2.24) is 15.1 Å². The van der Waals surface area contributed by atoms with E-state index in [1.165, 1.54) is 6.07 Å². The summed E-state index contributed by atoms with van der Waals surface area (Å²) >= 11 is 0. The smallest absolute Gasteiger partial charge is 0.266 e. The number of hydrogen-bond donors (Lipinski definition) is 2. The van der Waals surface area contributed by atoms with Crippen LogP contribution in [0.5, 0.6) is 0 Å². The number of nitrogens with zero attached hydrogens (tertiary/aromatic N) is 2. The van der Waals surface area contributed by atoms with E-state index in [1.54, 1.807) is 6.20 Å². The van der Waals surface area contributed by atoms with Gasteiger partial charge in [-0.15, -0.1) is 0 Å². The third-order valence-electron chi connectivity index (χ3n) is 2.54. The van der Waals surface area contributed by atoms with Gasteiger partial charge in [0.05, 0.1) is 11.9 Å². The molecule has 1 aromatic heterocycles. The molecule has 2 N–H and O–H groups in total. The second-order valence-corrected chi connectivity index (χ2v) is 3.64. The van der Waals surface area contributed by atoms with Crippen LogP contribution in [0, 0.1) is 0 Å². The zero-order valence-corrected chi connectivity index (χ0v) is 9.99. The van der Waals surface area contributed by atoms with Crippen molar-refractivity contribution in [2.75, 3.05) is 31.5 Å². The van der Waals surface area contributed by atoms with Gasteiger partial charge in [-0.2, -0.15) is 5.10 Å². The highest BCUT2D eigenvalue weighted by atomic mass is 16.1. The predicted octanol–water partition coefficient (Wildman–Crippen LogP) is 0.914. The predicted molar refractivity (Wildman–Crippen MR) is 65.8 cm³/mol. The molecule has 0 aromatic carbocycles. The Bertz CT molecular complexity index is 346. The second-order valence-electron chi connectivity index (χ2n) is 3.64. The number of hydrogen-bond acceptors (Lipinski definition) is 4. The quantitative estimate of drug-likeness (QED) is 0.676. The Morgan fingerprint density at radius 2 is 2.19 bits per heavy atom. The van der Waals surface area contributed by atoms with Crippen molar-refractivity contribution in [3.05, 3.63) is 22.6 Å². The van der Waals surface area contributed by atoms with Gasteiger partial charge < -0.3 is 10.2 Å². The molecule has 0 fully saturated rings. The Labute approximate surface area is 95.9 Å². The molecule has 0 atom stereocenters. The molecule has 5 heteroatoms. The fourth-order valence-corrected chi connectivity index (χ4v) is 1.55. The summed E-state index contributed by atoms with van der Waals surface area (Å²) in [5.74, 6) is 0. The summed E-state index contributed by atoms with van der Waals surface area (Å²) < 4.78 is 0. The Kier molecular flexibility index (Phi) is 5.56. The highest BCUT2D eigenvalue weighted by molar-refractivity contribution is 5.38. The fraction of sp³-hybridized carbons (Fsp3) is 0.636. The van der Waals surface area contributed by atoms with E-state index in [-0.39, 0.29) is 5.56 Å². The van der Waals surface area contributed by atoms with E-state index < -0.39 is 0 Å². The van der Waals surface area contributed by atoms with E-state index in [9.17, 15) is 4.79 Å². The molecule has 90 valence electrons. The van der Waals surface area contributed by atoms with E-state index in [0.29, 0.717) is 0 Å². The molecule has 0 spiro atoms. The lowest BCUT2D eigenvalue weighted by molar-refractivity contribution is 0.303. The van der Waals surface area contributed by atoms with Gasteiger partial charge in [0.2, 0.25) is 0 Å². The maximum absolute atomic E-state index is 11.0. The molecular weight excluding hydrogens is 204 g/mol. The largest absolute Gasteiger partial charge is 0.384 e. The molecule has 1 rings (SSSR count). The first-order chi connectivity index (χ1) is 7.76. The standard InChI is InChI=1S/C11H20N4O/c1-3-15(4-2)7-5-6-12-10-8-11(16)14-13-9-10/h8-9H,3-7H2,1-2H3,(H2,12,14,16).